The summed E-state index contributed by atoms with van der Waals surface area (Å²) in [5, 5.41) is 9.73. The molecule has 108 valence electrons. The monoisotopic (exact) mass is 267 g/mol. The van der Waals surface area contributed by atoms with E-state index in [2.05, 4.69) is 11.8 Å². The van der Waals surface area contributed by atoms with E-state index in [1.807, 2.05) is 0 Å². The summed E-state index contributed by atoms with van der Waals surface area (Å²) in [6, 6.07) is 0. The number of carbonyl (C=O) groups is 1. The number of morpholine rings is 1. The van der Waals surface area contributed by atoms with E-state index in [1.54, 1.807) is 0 Å². The lowest BCUT2D eigenvalue weighted by molar-refractivity contribution is -0.155. The molecule has 0 aromatic carbocycles. The summed E-state index contributed by atoms with van der Waals surface area (Å²) in [6.07, 6.45) is 6.94. The maximum Gasteiger partial charge on any atom is 0.310 e. The van der Waals surface area contributed by atoms with Crippen LogP contribution in [0.1, 0.15) is 45.4 Å². The van der Waals surface area contributed by atoms with Gasteiger partial charge in [0.2, 0.25) is 0 Å². The first-order valence-corrected chi connectivity index (χ1v) is 7.69. The molecule has 4 unspecified atom stereocenters. The van der Waals surface area contributed by atoms with Crippen LogP contribution in [-0.4, -0.2) is 47.8 Å². The largest absolute Gasteiger partial charge is 0.481 e. The molecule has 0 aromatic heterocycles. The highest BCUT2D eigenvalue weighted by molar-refractivity contribution is 5.75. The predicted octanol–water partition coefficient (Wildman–Crippen LogP) is 2.13. The number of hydrogen-bond acceptors (Lipinski definition) is 3. The van der Waals surface area contributed by atoms with E-state index < -0.39 is 11.4 Å². The Hall–Kier alpha value is -0.610. The summed E-state index contributed by atoms with van der Waals surface area (Å²) in [4.78, 5) is 14.2. The molecule has 1 aliphatic carbocycles. The zero-order valence-corrected chi connectivity index (χ0v) is 11.8. The molecule has 1 N–H and O–H groups in total. The van der Waals surface area contributed by atoms with E-state index in [1.165, 1.54) is 6.42 Å². The number of hydrogen-bond donors (Lipinski definition) is 1. The summed E-state index contributed by atoms with van der Waals surface area (Å²) in [5.41, 5.74) is -0.506. The molecule has 2 heterocycles. The third-order valence-corrected chi connectivity index (χ3v) is 5.19. The maximum absolute atomic E-state index is 11.8. The summed E-state index contributed by atoms with van der Waals surface area (Å²) < 4.78 is 5.84. The van der Waals surface area contributed by atoms with Gasteiger partial charge in [-0.2, -0.15) is 0 Å². The lowest BCUT2D eigenvalue weighted by Crippen LogP contribution is -2.51. The first-order valence-electron chi connectivity index (χ1n) is 7.69. The molecule has 0 amide bonds. The Bertz CT molecular complexity index is 347. The van der Waals surface area contributed by atoms with E-state index in [9.17, 15) is 9.90 Å². The zero-order valence-electron chi connectivity index (χ0n) is 11.8. The molecule has 0 aromatic rings. The fraction of sp³-hybridized carbons (Fsp3) is 0.933. The van der Waals surface area contributed by atoms with Crippen molar-refractivity contribution in [2.24, 2.45) is 11.3 Å². The number of ether oxygens (including phenoxy) is 1. The highest BCUT2D eigenvalue weighted by Gasteiger charge is 2.45. The van der Waals surface area contributed by atoms with Crippen LogP contribution in [0.25, 0.3) is 0 Å². The molecule has 2 aliphatic heterocycles. The van der Waals surface area contributed by atoms with Crippen molar-refractivity contribution in [3.05, 3.63) is 0 Å². The first kappa shape index (κ1) is 13.4. The standard InChI is InChI=1S/C15H25NO3/c1-11-3-2-6-15(7-11,14(17)18)10-16-8-12-4-5-13(9-16)19-12/h11-13H,2-10H2,1H3,(H,17,18). The Kier molecular flexibility index (Phi) is 3.56. The van der Waals surface area contributed by atoms with Crippen LogP contribution in [0, 0.1) is 11.3 Å². The second-order valence-corrected chi connectivity index (χ2v) is 6.94. The van der Waals surface area contributed by atoms with Gasteiger partial charge in [-0.05, 0) is 31.6 Å². The van der Waals surface area contributed by atoms with E-state index in [0.29, 0.717) is 18.1 Å². The topological polar surface area (TPSA) is 49.8 Å². The fourth-order valence-electron chi connectivity index (χ4n) is 4.32. The molecule has 4 nitrogen and oxygen atoms in total. The highest BCUT2D eigenvalue weighted by Crippen LogP contribution is 2.41. The molecule has 0 spiro atoms. The van der Waals surface area contributed by atoms with E-state index in [-0.39, 0.29) is 0 Å². The SMILES string of the molecule is CC1CCCC(CN2CC3CCC(C2)O3)(C(=O)O)C1. The predicted molar refractivity (Wildman–Crippen MR) is 72.0 cm³/mol. The van der Waals surface area contributed by atoms with Gasteiger partial charge in [0.05, 0.1) is 17.6 Å². The van der Waals surface area contributed by atoms with Crippen molar-refractivity contribution in [2.75, 3.05) is 19.6 Å². The van der Waals surface area contributed by atoms with Crippen LogP contribution in [0.4, 0.5) is 0 Å². The normalized spacial score (nSPS) is 43.3. The van der Waals surface area contributed by atoms with Crippen molar-refractivity contribution >= 4 is 5.97 Å². The van der Waals surface area contributed by atoms with Gasteiger partial charge in [0, 0.05) is 19.6 Å². The zero-order chi connectivity index (χ0) is 13.5. The van der Waals surface area contributed by atoms with E-state index in [4.69, 9.17) is 4.74 Å². The Labute approximate surface area is 115 Å². The van der Waals surface area contributed by atoms with Gasteiger partial charge in [-0.15, -0.1) is 0 Å². The van der Waals surface area contributed by atoms with Crippen molar-refractivity contribution in [1.82, 2.24) is 4.90 Å². The summed E-state index contributed by atoms with van der Waals surface area (Å²) >= 11 is 0. The van der Waals surface area contributed by atoms with Gasteiger partial charge in [0.15, 0.2) is 0 Å². The quantitative estimate of drug-likeness (QED) is 0.851. The van der Waals surface area contributed by atoms with Gasteiger partial charge in [-0.1, -0.05) is 19.8 Å². The maximum atomic E-state index is 11.8. The van der Waals surface area contributed by atoms with Crippen molar-refractivity contribution in [1.29, 1.82) is 0 Å². The van der Waals surface area contributed by atoms with Crippen LogP contribution in [0.2, 0.25) is 0 Å². The molecular formula is C15H25NO3. The Morgan fingerprint density at radius 1 is 1.32 bits per heavy atom. The minimum Gasteiger partial charge on any atom is -0.481 e. The number of likely N-dealkylation sites (tertiary alicyclic amines) is 1. The van der Waals surface area contributed by atoms with E-state index in [0.717, 1.165) is 51.7 Å². The fourth-order valence-corrected chi connectivity index (χ4v) is 4.32. The average molecular weight is 267 g/mol. The molecular weight excluding hydrogens is 242 g/mol. The number of rotatable bonds is 3. The molecule has 19 heavy (non-hydrogen) atoms. The molecule has 2 bridgehead atoms. The van der Waals surface area contributed by atoms with Gasteiger partial charge in [0.1, 0.15) is 0 Å². The van der Waals surface area contributed by atoms with Crippen LogP contribution in [-0.2, 0) is 9.53 Å². The lowest BCUT2D eigenvalue weighted by Gasteiger charge is -2.42. The Morgan fingerprint density at radius 2 is 2.00 bits per heavy atom. The van der Waals surface area contributed by atoms with Crippen LogP contribution in [0.5, 0.6) is 0 Å². The van der Waals surface area contributed by atoms with Crippen molar-refractivity contribution in [3.63, 3.8) is 0 Å². The van der Waals surface area contributed by atoms with Gasteiger partial charge in [-0.3, -0.25) is 9.69 Å². The van der Waals surface area contributed by atoms with Crippen LogP contribution < -0.4 is 0 Å². The van der Waals surface area contributed by atoms with E-state index >= 15 is 0 Å². The minimum atomic E-state index is -0.585. The first-order chi connectivity index (χ1) is 9.07. The summed E-state index contributed by atoms with van der Waals surface area (Å²) in [6.45, 7) is 4.78. The number of carboxylic acid groups (broad SMARTS) is 1. The number of nitrogens with zero attached hydrogens (tertiary/aromatic N) is 1. The van der Waals surface area contributed by atoms with Gasteiger partial charge >= 0.3 is 5.97 Å². The minimum absolute atomic E-state index is 0.352. The molecule has 0 radical (unpaired) electrons. The Morgan fingerprint density at radius 3 is 2.58 bits per heavy atom. The highest BCUT2D eigenvalue weighted by atomic mass is 16.5. The number of carboxylic acids is 1. The van der Waals surface area contributed by atoms with Crippen molar-refractivity contribution < 1.29 is 14.6 Å². The summed E-state index contributed by atoms with van der Waals surface area (Å²) in [5.74, 6) is -0.0412. The molecule has 3 rings (SSSR count). The summed E-state index contributed by atoms with van der Waals surface area (Å²) in [7, 11) is 0. The van der Waals surface area contributed by atoms with Crippen LogP contribution in [0.3, 0.4) is 0 Å². The Balaban J connectivity index is 1.69. The molecule has 2 saturated heterocycles. The number of fused-ring (bicyclic) bond motifs is 2. The molecule has 1 saturated carbocycles. The molecule has 3 aliphatic rings. The van der Waals surface area contributed by atoms with Crippen LogP contribution in [0.15, 0.2) is 0 Å². The van der Waals surface area contributed by atoms with Crippen LogP contribution >= 0.6 is 0 Å². The lowest BCUT2D eigenvalue weighted by atomic mass is 9.69. The second-order valence-electron chi connectivity index (χ2n) is 6.94. The molecule has 4 heteroatoms. The smallest absolute Gasteiger partial charge is 0.310 e. The third-order valence-electron chi connectivity index (χ3n) is 5.19. The molecule has 4 atom stereocenters. The third kappa shape index (κ3) is 2.65. The van der Waals surface area contributed by atoms with Gasteiger partial charge < -0.3 is 9.84 Å². The average Bonchev–Trinajstić information content (AvgIpc) is 2.68. The van der Waals surface area contributed by atoms with Crippen molar-refractivity contribution in [2.45, 2.75) is 57.7 Å². The van der Waals surface area contributed by atoms with Gasteiger partial charge in [-0.25, -0.2) is 0 Å². The van der Waals surface area contributed by atoms with Crippen molar-refractivity contribution in [3.8, 4) is 0 Å². The van der Waals surface area contributed by atoms with Gasteiger partial charge in [0.25, 0.3) is 0 Å². The molecule has 3 fully saturated rings. The second kappa shape index (κ2) is 5.06. The number of aliphatic carboxylic acids is 1.